The third-order valence-corrected chi connectivity index (χ3v) is 3.13. The Morgan fingerprint density at radius 2 is 2.06 bits per heavy atom. The standard InChI is InChI=1S/C13H10BrN3/c14-10-3-1-2-9(6-10)13-16-7-12-5-4-11(15)8-17(12)13/h1-8H,15H2. The molecule has 0 saturated carbocycles. The van der Waals surface area contributed by atoms with Crippen molar-refractivity contribution in [1.29, 1.82) is 0 Å². The van der Waals surface area contributed by atoms with Crippen molar-refractivity contribution in [2.75, 3.05) is 5.73 Å². The summed E-state index contributed by atoms with van der Waals surface area (Å²) in [4.78, 5) is 4.43. The fourth-order valence-corrected chi connectivity index (χ4v) is 2.25. The highest BCUT2D eigenvalue weighted by molar-refractivity contribution is 9.10. The van der Waals surface area contributed by atoms with Gasteiger partial charge in [-0.3, -0.25) is 4.40 Å². The summed E-state index contributed by atoms with van der Waals surface area (Å²) < 4.78 is 3.03. The lowest BCUT2D eigenvalue weighted by atomic mass is 10.2. The zero-order valence-electron chi connectivity index (χ0n) is 8.97. The van der Waals surface area contributed by atoms with Crippen molar-refractivity contribution in [3.8, 4) is 11.4 Å². The monoisotopic (exact) mass is 287 g/mol. The molecular formula is C13H10BrN3. The van der Waals surface area contributed by atoms with E-state index in [1.807, 2.05) is 53.2 Å². The summed E-state index contributed by atoms with van der Waals surface area (Å²) in [6.45, 7) is 0. The van der Waals surface area contributed by atoms with Crippen LogP contribution in [0.25, 0.3) is 16.9 Å². The van der Waals surface area contributed by atoms with Gasteiger partial charge in [0, 0.05) is 21.9 Å². The first-order valence-corrected chi connectivity index (χ1v) is 6.02. The molecule has 2 heterocycles. The fourth-order valence-electron chi connectivity index (χ4n) is 1.85. The van der Waals surface area contributed by atoms with Gasteiger partial charge in [-0.15, -0.1) is 0 Å². The molecule has 0 aliphatic carbocycles. The van der Waals surface area contributed by atoms with E-state index in [0.29, 0.717) is 0 Å². The van der Waals surface area contributed by atoms with Gasteiger partial charge in [-0.1, -0.05) is 28.1 Å². The zero-order valence-corrected chi connectivity index (χ0v) is 10.6. The third kappa shape index (κ3) is 1.80. The number of benzene rings is 1. The van der Waals surface area contributed by atoms with Gasteiger partial charge in [-0.05, 0) is 24.3 Å². The number of rotatable bonds is 1. The van der Waals surface area contributed by atoms with Crippen LogP contribution < -0.4 is 5.73 Å². The minimum absolute atomic E-state index is 0.728. The number of anilines is 1. The number of fused-ring (bicyclic) bond motifs is 1. The second-order valence-corrected chi connectivity index (χ2v) is 4.77. The molecule has 0 aliphatic heterocycles. The number of hydrogen-bond donors (Lipinski definition) is 1. The zero-order chi connectivity index (χ0) is 11.8. The summed E-state index contributed by atoms with van der Waals surface area (Å²) in [6, 6.07) is 11.9. The van der Waals surface area contributed by atoms with Crippen LogP contribution in [0.5, 0.6) is 0 Å². The number of nitrogens with zero attached hydrogens (tertiary/aromatic N) is 2. The lowest BCUT2D eigenvalue weighted by Crippen LogP contribution is -1.92. The van der Waals surface area contributed by atoms with Crippen LogP contribution >= 0.6 is 15.9 Å². The van der Waals surface area contributed by atoms with Crippen LogP contribution in [0.15, 0.2) is 53.3 Å². The Hall–Kier alpha value is -1.81. The Bertz CT molecular complexity index is 688. The van der Waals surface area contributed by atoms with E-state index in [1.165, 1.54) is 0 Å². The van der Waals surface area contributed by atoms with Gasteiger partial charge < -0.3 is 5.73 Å². The molecule has 0 aliphatic rings. The van der Waals surface area contributed by atoms with Crippen molar-refractivity contribution in [3.05, 3.63) is 53.3 Å². The summed E-state index contributed by atoms with van der Waals surface area (Å²) in [5, 5.41) is 0. The van der Waals surface area contributed by atoms with E-state index in [2.05, 4.69) is 20.9 Å². The topological polar surface area (TPSA) is 43.3 Å². The van der Waals surface area contributed by atoms with Gasteiger partial charge in [-0.2, -0.15) is 0 Å². The second kappa shape index (κ2) is 3.89. The summed E-state index contributed by atoms with van der Waals surface area (Å²) in [7, 11) is 0. The number of imidazole rings is 1. The maximum absolute atomic E-state index is 5.80. The van der Waals surface area contributed by atoms with Crippen LogP contribution in [0.3, 0.4) is 0 Å². The van der Waals surface area contributed by atoms with Crippen LogP contribution in [0.1, 0.15) is 0 Å². The third-order valence-electron chi connectivity index (χ3n) is 2.63. The molecule has 0 atom stereocenters. The maximum atomic E-state index is 5.80. The number of halogens is 1. The second-order valence-electron chi connectivity index (χ2n) is 3.85. The first-order valence-electron chi connectivity index (χ1n) is 5.22. The average Bonchev–Trinajstić information content (AvgIpc) is 2.71. The Morgan fingerprint density at radius 1 is 1.18 bits per heavy atom. The van der Waals surface area contributed by atoms with E-state index in [1.54, 1.807) is 0 Å². The molecule has 3 nitrogen and oxygen atoms in total. The number of aromatic nitrogens is 2. The summed E-state index contributed by atoms with van der Waals surface area (Å²) in [6.07, 6.45) is 3.73. The van der Waals surface area contributed by atoms with Crippen molar-refractivity contribution in [2.24, 2.45) is 0 Å². The molecule has 2 aromatic heterocycles. The van der Waals surface area contributed by atoms with Crippen LogP contribution in [0.4, 0.5) is 5.69 Å². The van der Waals surface area contributed by atoms with Crippen LogP contribution in [-0.4, -0.2) is 9.38 Å². The van der Waals surface area contributed by atoms with Crippen molar-refractivity contribution in [3.63, 3.8) is 0 Å². The lowest BCUT2D eigenvalue weighted by Gasteiger charge is -2.03. The van der Waals surface area contributed by atoms with Crippen molar-refractivity contribution >= 4 is 27.1 Å². The normalized spacial score (nSPS) is 10.9. The highest BCUT2D eigenvalue weighted by atomic mass is 79.9. The molecule has 1 aromatic carbocycles. The predicted molar refractivity (Wildman–Crippen MR) is 72.7 cm³/mol. The molecule has 0 radical (unpaired) electrons. The van der Waals surface area contributed by atoms with Crippen LogP contribution in [-0.2, 0) is 0 Å². The van der Waals surface area contributed by atoms with Gasteiger partial charge in [0.1, 0.15) is 5.82 Å². The van der Waals surface area contributed by atoms with Gasteiger partial charge >= 0.3 is 0 Å². The van der Waals surface area contributed by atoms with Crippen molar-refractivity contribution in [2.45, 2.75) is 0 Å². The molecule has 0 saturated heterocycles. The molecular weight excluding hydrogens is 278 g/mol. The molecule has 3 rings (SSSR count). The van der Waals surface area contributed by atoms with E-state index in [0.717, 1.165) is 27.1 Å². The summed E-state index contributed by atoms with van der Waals surface area (Å²) in [5.41, 5.74) is 8.63. The van der Waals surface area contributed by atoms with Gasteiger partial charge in [0.2, 0.25) is 0 Å². The smallest absolute Gasteiger partial charge is 0.144 e. The van der Waals surface area contributed by atoms with E-state index in [-0.39, 0.29) is 0 Å². The van der Waals surface area contributed by atoms with Crippen LogP contribution in [0.2, 0.25) is 0 Å². The van der Waals surface area contributed by atoms with Crippen LogP contribution in [0, 0.1) is 0 Å². The Balaban J connectivity index is 2.27. The predicted octanol–water partition coefficient (Wildman–Crippen LogP) is 3.35. The number of nitrogen functional groups attached to an aromatic ring is 1. The van der Waals surface area contributed by atoms with Gasteiger partial charge in [0.25, 0.3) is 0 Å². The van der Waals surface area contributed by atoms with Crippen molar-refractivity contribution in [1.82, 2.24) is 9.38 Å². The molecule has 0 amide bonds. The molecule has 0 fully saturated rings. The largest absolute Gasteiger partial charge is 0.398 e. The SMILES string of the molecule is Nc1ccc2cnc(-c3cccc(Br)c3)n2c1. The fraction of sp³-hybridized carbons (Fsp3) is 0. The molecule has 0 bridgehead atoms. The quantitative estimate of drug-likeness (QED) is 0.746. The number of nitrogens with two attached hydrogens (primary N) is 1. The highest BCUT2D eigenvalue weighted by Gasteiger charge is 2.06. The number of pyridine rings is 1. The summed E-state index contributed by atoms with van der Waals surface area (Å²) >= 11 is 3.46. The lowest BCUT2D eigenvalue weighted by molar-refractivity contribution is 1.16. The molecule has 2 N–H and O–H groups in total. The van der Waals surface area contributed by atoms with E-state index in [4.69, 9.17) is 5.73 Å². The van der Waals surface area contributed by atoms with E-state index >= 15 is 0 Å². The van der Waals surface area contributed by atoms with Crippen molar-refractivity contribution < 1.29 is 0 Å². The minimum atomic E-state index is 0.728. The maximum Gasteiger partial charge on any atom is 0.144 e. The molecule has 3 aromatic rings. The van der Waals surface area contributed by atoms with E-state index < -0.39 is 0 Å². The Kier molecular flexibility index (Phi) is 2.37. The molecule has 17 heavy (non-hydrogen) atoms. The number of hydrogen-bond acceptors (Lipinski definition) is 2. The first kappa shape index (κ1) is 10.4. The average molecular weight is 288 g/mol. The van der Waals surface area contributed by atoms with E-state index in [9.17, 15) is 0 Å². The summed E-state index contributed by atoms with van der Waals surface area (Å²) in [5.74, 6) is 0.897. The molecule has 84 valence electrons. The molecule has 4 heteroatoms. The van der Waals surface area contributed by atoms with Gasteiger partial charge in [0.05, 0.1) is 11.7 Å². The molecule has 0 spiro atoms. The Morgan fingerprint density at radius 3 is 2.88 bits per heavy atom. The van der Waals surface area contributed by atoms with Gasteiger partial charge in [0.15, 0.2) is 0 Å². The minimum Gasteiger partial charge on any atom is -0.398 e. The molecule has 0 unspecified atom stereocenters. The van der Waals surface area contributed by atoms with Gasteiger partial charge in [-0.25, -0.2) is 4.98 Å². The Labute approximate surface area is 107 Å². The first-order chi connectivity index (χ1) is 8.24. The highest BCUT2D eigenvalue weighted by Crippen LogP contribution is 2.23.